The molecule has 0 aliphatic carbocycles. The molecule has 1 aliphatic rings. The molecule has 0 saturated carbocycles. The van der Waals surface area contributed by atoms with Gasteiger partial charge in [0.15, 0.2) is 0 Å². The summed E-state index contributed by atoms with van der Waals surface area (Å²) in [4.78, 5) is 19.5. The van der Waals surface area contributed by atoms with Crippen LogP contribution in [-0.2, 0) is 6.42 Å². The number of hydrogen-bond donors (Lipinski definition) is 0. The zero-order chi connectivity index (χ0) is 22.1. The standard InChI is InChI=1S/C25H25BrN4OS/c1-18-22-17-23(32-25(22)30(27-18)21-9-7-20(26)8-10-21)24(31)29-15-13-28(14-16-29)12-11-19-5-3-2-4-6-19/h2-10,17H,11-16H2,1H3. The summed E-state index contributed by atoms with van der Waals surface area (Å²) in [5.41, 5.74) is 3.31. The first kappa shape index (κ1) is 21.4. The highest BCUT2D eigenvalue weighted by Gasteiger charge is 2.25. The molecule has 0 N–H and O–H groups in total. The van der Waals surface area contributed by atoms with Crippen molar-refractivity contribution >= 4 is 43.4 Å². The molecular weight excluding hydrogens is 484 g/mol. The molecule has 0 unspecified atom stereocenters. The van der Waals surface area contributed by atoms with Crippen LogP contribution in [0.1, 0.15) is 20.9 Å². The highest BCUT2D eigenvalue weighted by Crippen LogP contribution is 2.31. The Balaban J connectivity index is 1.26. The summed E-state index contributed by atoms with van der Waals surface area (Å²) in [5.74, 6) is 0.135. The van der Waals surface area contributed by atoms with E-state index < -0.39 is 0 Å². The number of nitrogens with zero attached hydrogens (tertiary/aromatic N) is 4. The summed E-state index contributed by atoms with van der Waals surface area (Å²) in [6, 6.07) is 20.7. The molecule has 2 aromatic carbocycles. The second-order valence-electron chi connectivity index (χ2n) is 8.17. The number of aryl methyl sites for hydroxylation is 1. The van der Waals surface area contributed by atoms with Crippen LogP contribution in [0.2, 0.25) is 0 Å². The summed E-state index contributed by atoms with van der Waals surface area (Å²) >= 11 is 5.02. The predicted molar refractivity (Wildman–Crippen MR) is 134 cm³/mol. The number of amides is 1. The summed E-state index contributed by atoms with van der Waals surface area (Å²) < 4.78 is 2.98. The second kappa shape index (κ2) is 9.17. The highest BCUT2D eigenvalue weighted by atomic mass is 79.9. The number of fused-ring (bicyclic) bond motifs is 1. The molecule has 0 spiro atoms. The van der Waals surface area contributed by atoms with Crippen LogP contribution in [0.4, 0.5) is 0 Å². The highest BCUT2D eigenvalue weighted by molar-refractivity contribution is 9.10. The Morgan fingerprint density at radius 1 is 1.03 bits per heavy atom. The molecule has 0 bridgehead atoms. The fraction of sp³-hybridized carbons (Fsp3) is 0.280. The van der Waals surface area contributed by atoms with E-state index in [9.17, 15) is 4.79 Å². The minimum Gasteiger partial charge on any atom is -0.335 e. The van der Waals surface area contributed by atoms with Gasteiger partial charge in [0, 0.05) is 42.6 Å². The van der Waals surface area contributed by atoms with Gasteiger partial charge in [-0.1, -0.05) is 46.3 Å². The lowest BCUT2D eigenvalue weighted by molar-refractivity contribution is 0.0643. The average Bonchev–Trinajstić information content (AvgIpc) is 3.39. The van der Waals surface area contributed by atoms with Crippen molar-refractivity contribution in [1.29, 1.82) is 0 Å². The molecule has 0 radical (unpaired) electrons. The smallest absolute Gasteiger partial charge is 0.264 e. The lowest BCUT2D eigenvalue weighted by Gasteiger charge is -2.34. The zero-order valence-corrected chi connectivity index (χ0v) is 20.4. The number of thiophene rings is 1. The van der Waals surface area contributed by atoms with Gasteiger partial charge < -0.3 is 4.90 Å². The number of carbonyl (C=O) groups is 1. The summed E-state index contributed by atoms with van der Waals surface area (Å²) in [6.07, 6.45) is 1.05. The normalized spacial score (nSPS) is 14.9. The Morgan fingerprint density at radius 2 is 1.75 bits per heavy atom. The van der Waals surface area contributed by atoms with Gasteiger partial charge in [-0.15, -0.1) is 11.3 Å². The lowest BCUT2D eigenvalue weighted by atomic mass is 10.1. The van der Waals surface area contributed by atoms with E-state index in [1.165, 1.54) is 16.9 Å². The molecule has 5 rings (SSSR count). The molecule has 3 heterocycles. The number of hydrogen-bond acceptors (Lipinski definition) is 4. The molecule has 5 nitrogen and oxygen atoms in total. The third-order valence-corrected chi connectivity index (χ3v) is 7.67. The van der Waals surface area contributed by atoms with Crippen molar-refractivity contribution in [3.63, 3.8) is 0 Å². The molecular formula is C25H25BrN4OS. The monoisotopic (exact) mass is 508 g/mol. The molecule has 1 aliphatic heterocycles. The maximum absolute atomic E-state index is 13.2. The minimum absolute atomic E-state index is 0.135. The maximum atomic E-state index is 13.2. The van der Waals surface area contributed by atoms with Crippen LogP contribution in [0.25, 0.3) is 15.9 Å². The van der Waals surface area contributed by atoms with E-state index in [4.69, 9.17) is 5.10 Å². The van der Waals surface area contributed by atoms with Crippen molar-refractivity contribution in [3.8, 4) is 5.69 Å². The Bertz CT molecular complexity index is 1220. The van der Waals surface area contributed by atoms with Crippen LogP contribution in [0, 0.1) is 6.92 Å². The van der Waals surface area contributed by atoms with Gasteiger partial charge in [-0.2, -0.15) is 5.10 Å². The zero-order valence-electron chi connectivity index (χ0n) is 18.0. The van der Waals surface area contributed by atoms with E-state index in [1.54, 1.807) is 0 Å². The fourth-order valence-electron chi connectivity index (χ4n) is 4.17. The third-order valence-electron chi connectivity index (χ3n) is 6.05. The van der Waals surface area contributed by atoms with Crippen LogP contribution in [0.5, 0.6) is 0 Å². The largest absolute Gasteiger partial charge is 0.335 e. The van der Waals surface area contributed by atoms with Gasteiger partial charge in [0.2, 0.25) is 0 Å². The Kier molecular flexibility index (Phi) is 6.13. The van der Waals surface area contributed by atoms with Gasteiger partial charge in [0.1, 0.15) is 4.83 Å². The van der Waals surface area contributed by atoms with Crippen molar-refractivity contribution in [3.05, 3.63) is 81.3 Å². The average molecular weight is 509 g/mol. The number of halogens is 1. The summed E-state index contributed by atoms with van der Waals surface area (Å²) in [5, 5.41) is 5.76. The van der Waals surface area contributed by atoms with Gasteiger partial charge in [-0.25, -0.2) is 4.68 Å². The second-order valence-corrected chi connectivity index (χ2v) is 10.1. The van der Waals surface area contributed by atoms with Crippen molar-refractivity contribution in [2.24, 2.45) is 0 Å². The first-order chi connectivity index (χ1) is 15.6. The summed E-state index contributed by atoms with van der Waals surface area (Å²) in [6.45, 7) is 6.45. The van der Waals surface area contributed by atoms with Crippen LogP contribution in [0.3, 0.4) is 0 Å². The molecule has 164 valence electrons. The Morgan fingerprint density at radius 3 is 2.47 bits per heavy atom. The van der Waals surface area contributed by atoms with E-state index in [-0.39, 0.29) is 5.91 Å². The Labute approximate surface area is 200 Å². The first-order valence-corrected chi connectivity index (χ1v) is 12.5. The Hall–Kier alpha value is -2.48. The van der Waals surface area contributed by atoms with Crippen molar-refractivity contribution in [2.75, 3.05) is 32.7 Å². The number of rotatable bonds is 5. The van der Waals surface area contributed by atoms with Gasteiger partial charge in [0.05, 0.1) is 16.3 Å². The fourth-order valence-corrected chi connectivity index (χ4v) is 5.59. The predicted octanol–water partition coefficient (Wildman–Crippen LogP) is 5.16. The SMILES string of the molecule is Cc1nn(-c2ccc(Br)cc2)c2sc(C(=O)N3CCN(CCc4ccccc4)CC3)cc12. The molecule has 1 fully saturated rings. The molecule has 32 heavy (non-hydrogen) atoms. The van der Waals surface area contributed by atoms with Crippen molar-refractivity contribution in [1.82, 2.24) is 19.6 Å². The molecule has 4 aromatic rings. The van der Waals surface area contributed by atoms with E-state index >= 15 is 0 Å². The van der Waals surface area contributed by atoms with E-state index in [1.807, 2.05) is 46.8 Å². The lowest BCUT2D eigenvalue weighted by Crippen LogP contribution is -2.48. The van der Waals surface area contributed by atoms with Gasteiger partial charge >= 0.3 is 0 Å². The third kappa shape index (κ3) is 4.37. The molecule has 1 saturated heterocycles. The van der Waals surface area contributed by atoms with Gasteiger partial charge in [-0.3, -0.25) is 9.69 Å². The number of piperazine rings is 1. The first-order valence-electron chi connectivity index (χ1n) is 10.9. The number of benzene rings is 2. The van der Waals surface area contributed by atoms with E-state index in [2.05, 4.69) is 51.2 Å². The van der Waals surface area contributed by atoms with Crippen LogP contribution < -0.4 is 0 Å². The van der Waals surface area contributed by atoms with Crippen LogP contribution >= 0.6 is 27.3 Å². The number of aromatic nitrogens is 2. The minimum atomic E-state index is 0.135. The van der Waals surface area contributed by atoms with Crippen LogP contribution in [0.15, 0.2) is 65.1 Å². The molecule has 1 amide bonds. The number of carbonyl (C=O) groups excluding carboxylic acids is 1. The quantitative estimate of drug-likeness (QED) is 0.373. The topological polar surface area (TPSA) is 41.4 Å². The molecule has 0 atom stereocenters. The van der Waals surface area contributed by atoms with Crippen LogP contribution in [-0.4, -0.2) is 58.2 Å². The van der Waals surface area contributed by atoms with Crippen molar-refractivity contribution < 1.29 is 4.79 Å². The maximum Gasteiger partial charge on any atom is 0.264 e. The molecule has 7 heteroatoms. The van der Waals surface area contributed by atoms with E-state index in [0.717, 1.165) is 70.1 Å². The van der Waals surface area contributed by atoms with Crippen molar-refractivity contribution in [2.45, 2.75) is 13.3 Å². The van der Waals surface area contributed by atoms with E-state index in [0.29, 0.717) is 0 Å². The summed E-state index contributed by atoms with van der Waals surface area (Å²) in [7, 11) is 0. The molecule has 2 aromatic heterocycles. The van der Waals surface area contributed by atoms with Gasteiger partial charge in [0.25, 0.3) is 5.91 Å². The van der Waals surface area contributed by atoms with Gasteiger partial charge in [-0.05, 0) is 49.2 Å².